The molecule has 14 heavy (non-hydrogen) atoms. The van der Waals surface area contributed by atoms with E-state index >= 15 is 0 Å². The Balaban J connectivity index is 3.39. The van der Waals surface area contributed by atoms with Crippen LogP contribution >= 0.6 is 15.9 Å². The normalized spacial score (nSPS) is 12.9. The summed E-state index contributed by atoms with van der Waals surface area (Å²) in [6.07, 6.45) is 0. The first-order valence-corrected chi connectivity index (χ1v) is 4.82. The molecule has 1 rings (SSSR count). The van der Waals surface area contributed by atoms with Crippen LogP contribution in [-0.4, -0.2) is 16.8 Å². The zero-order valence-electron chi connectivity index (χ0n) is 7.59. The van der Waals surface area contributed by atoms with E-state index in [4.69, 9.17) is 10.8 Å². The highest BCUT2D eigenvalue weighted by molar-refractivity contribution is 9.10. The van der Waals surface area contributed by atoms with Gasteiger partial charge in [0.1, 0.15) is 11.6 Å². The van der Waals surface area contributed by atoms with Crippen LogP contribution in [0.25, 0.3) is 0 Å². The monoisotopic (exact) mass is 263 g/mol. The van der Waals surface area contributed by atoms with Gasteiger partial charge in [-0.05, 0) is 34.5 Å². The molecule has 1 unspecified atom stereocenters. The van der Waals surface area contributed by atoms with Gasteiger partial charge in [0.2, 0.25) is 0 Å². The number of hydrogen-bond acceptors (Lipinski definition) is 3. The number of benzene rings is 1. The van der Waals surface area contributed by atoms with Gasteiger partial charge in [-0.2, -0.15) is 0 Å². The number of aliphatic hydroxyl groups excluding tert-OH is 1. The standard InChI is InChI=1S/C9H11BrFNO2/c1-4-6(11)2-5(10)9(14)8(4)7(12)3-13/h2,7,13-14H,3,12H2,1H3. The highest BCUT2D eigenvalue weighted by atomic mass is 79.9. The third-order valence-electron chi connectivity index (χ3n) is 2.06. The average molecular weight is 264 g/mol. The van der Waals surface area contributed by atoms with Crippen LogP contribution in [0.4, 0.5) is 4.39 Å². The van der Waals surface area contributed by atoms with Gasteiger partial charge in [-0.1, -0.05) is 0 Å². The summed E-state index contributed by atoms with van der Waals surface area (Å²) in [4.78, 5) is 0. The van der Waals surface area contributed by atoms with Crippen molar-refractivity contribution in [2.75, 3.05) is 6.61 Å². The molecule has 4 N–H and O–H groups in total. The minimum Gasteiger partial charge on any atom is -0.506 e. The van der Waals surface area contributed by atoms with Gasteiger partial charge in [-0.15, -0.1) is 0 Å². The zero-order valence-corrected chi connectivity index (χ0v) is 9.18. The van der Waals surface area contributed by atoms with Crippen molar-refractivity contribution in [2.45, 2.75) is 13.0 Å². The van der Waals surface area contributed by atoms with Crippen molar-refractivity contribution in [2.24, 2.45) is 5.73 Å². The van der Waals surface area contributed by atoms with Gasteiger partial charge in [0.25, 0.3) is 0 Å². The van der Waals surface area contributed by atoms with E-state index in [9.17, 15) is 9.50 Å². The molecule has 0 radical (unpaired) electrons. The maximum atomic E-state index is 13.2. The van der Waals surface area contributed by atoms with E-state index in [1.807, 2.05) is 0 Å². The Morgan fingerprint density at radius 2 is 2.21 bits per heavy atom. The largest absolute Gasteiger partial charge is 0.506 e. The number of phenolic OH excluding ortho intramolecular Hbond substituents is 1. The van der Waals surface area contributed by atoms with Crippen molar-refractivity contribution in [3.8, 4) is 5.75 Å². The van der Waals surface area contributed by atoms with Crippen molar-refractivity contribution in [3.63, 3.8) is 0 Å². The first-order chi connectivity index (χ1) is 6.49. The molecule has 1 aromatic carbocycles. The first kappa shape index (κ1) is 11.4. The predicted molar refractivity (Wildman–Crippen MR) is 54.5 cm³/mol. The van der Waals surface area contributed by atoms with Crippen LogP contribution in [-0.2, 0) is 0 Å². The smallest absolute Gasteiger partial charge is 0.135 e. The fourth-order valence-electron chi connectivity index (χ4n) is 1.27. The van der Waals surface area contributed by atoms with Crippen molar-refractivity contribution in [3.05, 3.63) is 27.5 Å². The molecule has 78 valence electrons. The van der Waals surface area contributed by atoms with Crippen molar-refractivity contribution in [1.82, 2.24) is 0 Å². The number of phenols is 1. The van der Waals surface area contributed by atoms with Gasteiger partial charge in [0, 0.05) is 5.56 Å². The quantitative estimate of drug-likeness (QED) is 0.760. The number of halogens is 2. The summed E-state index contributed by atoms with van der Waals surface area (Å²) in [5.74, 6) is -0.584. The van der Waals surface area contributed by atoms with Gasteiger partial charge in [0.05, 0.1) is 17.1 Å². The van der Waals surface area contributed by atoms with Gasteiger partial charge in [-0.3, -0.25) is 0 Å². The molecule has 0 saturated heterocycles. The number of nitrogens with two attached hydrogens (primary N) is 1. The molecule has 0 bridgehead atoms. The number of aliphatic hydroxyl groups is 1. The molecule has 0 aliphatic heterocycles. The molecule has 0 amide bonds. The second-order valence-electron chi connectivity index (χ2n) is 3.02. The number of rotatable bonds is 2. The topological polar surface area (TPSA) is 66.5 Å². The Morgan fingerprint density at radius 1 is 1.64 bits per heavy atom. The van der Waals surface area contributed by atoms with Crippen LogP contribution in [0.2, 0.25) is 0 Å². The summed E-state index contributed by atoms with van der Waals surface area (Å²) in [5.41, 5.74) is 6.03. The lowest BCUT2D eigenvalue weighted by atomic mass is 10.0. The third kappa shape index (κ3) is 1.89. The maximum absolute atomic E-state index is 13.2. The van der Waals surface area contributed by atoms with Crippen LogP contribution in [0.3, 0.4) is 0 Å². The summed E-state index contributed by atoms with van der Waals surface area (Å²) in [5, 5.41) is 18.4. The summed E-state index contributed by atoms with van der Waals surface area (Å²) in [7, 11) is 0. The molecule has 0 aliphatic carbocycles. The highest BCUT2D eigenvalue weighted by Crippen LogP contribution is 2.35. The Hall–Kier alpha value is -0.650. The minimum atomic E-state index is -0.776. The first-order valence-electron chi connectivity index (χ1n) is 4.03. The molecule has 5 heteroatoms. The van der Waals surface area contributed by atoms with E-state index in [2.05, 4.69) is 15.9 Å². The van der Waals surface area contributed by atoms with E-state index < -0.39 is 11.9 Å². The molecule has 0 spiro atoms. The van der Waals surface area contributed by atoms with Crippen LogP contribution in [0.1, 0.15) is 17.2 Å². The van der Waals surface area contributed by atoms with Crippen LogP contribution in [0, 0.1) is 12.7 Å². The molecule has 0 aliphatic rings. The Kier molecular flexibility index (Phi) is 3.47. The fourth-order valence-corrected chi connectivity index (χ4v) is 1.68. The minimum absolute atomic E-state index is 0.120. The van der Waals surface area contributed by atoms with Gasteiger partial charge in [0.15, 0.2) is 0 Å². The Bertz CT molecular complexity index is 331. The molecule has 1 atom stereocenters. The fraction of sp³-hybridized carbons (Fsp3) is 0.333. The van der Waals surface area contributed by atoms with E-state index in [0.29, 0.717) is 0 Å². The lowest BCUT2D eigenvalue weighted by Gasteiger charge is -2.15. The van der Waals surface area contributed by atoms with Gasteiger partial charge in [-0.25, -0.2) is 4.39 Å². The molecular formula is C9H11BrFNO2. The van der Waals surface area contributed by atoms with Crippen molar-refractivity contribution >= 4 is 15.9 Å². The van der Waals surface area contributed by atoms with Crippen molar-refractivity contribution in [1.29, 1.82) is 0 Å². The summed E-state index contributed by atoms with van der Waals surface area (Å²) in [6.45, 7) is 1.16. The van der Waals surface area contributed by atoms with E-state index in [-0.39, 0.29) is 28.0 Å². The second-order valence-corrected chi connectivity index (χ2v) is 3.87. The van der Waals surface area contributed by atoms with E-state index in [1.165, 1.54) is 6.92 Å². The number of hydrogen-bond donors (Lipinski definition) is 3. The average Bonchev–Trinajstić information content (AvgIpc) is 2.15. The predicted octanol–water partition coefficient (Wildman–Crippen LogP) is 1.59. The third-order valence-corrected chi connectivity index (χ3v) is 2.67. The van der Waals surface area contributed by atoms with Gasteiger partial charge >= 0.3 is 0 Å². The van der Waals surface area contributed by atoms with E-state index in [1.54, 1.807) is 0 Å². The van der Waals surface area contributed by atoms with Crippen LogP contribution in [0.5, 0.6) is 5.75 Å². The van der Waals surface area contributed by atoms with E-state index in [0.717, 1.165) is 6.07 Å². The number of aromatic hydroxyl groups is 1. The lowest BCUT2D eigenvalue weighted by molar-refractivity contribution is 0.264. The summed E-state index contributed by atoms with van der Waals surface area (Å²) < 4.78 is 13.5. The van der Waals surface area contributed by atoms with Crippen LogP contribution < -0.4 is 5.73 Å². The Morgan fingerprint density at radius 3 is 2.71 bits per heavy atom. The molecule has 0 aromatic heterocycles. The molecule has 1 aromatic rings. The lowest BCUT2D eigenvalue weighted by Crippen LogP contribution is -2.16. The highest BCUT2D eigenvalue weighted by Gasteiger charge is 2.18. The molecule has 3 nitrogen and oxygen atoms in total. The zero-order chi connectivity index (χ0) is 10.9. The molecular weight excluding hydrogens is 253 g/mol. The van der Waals surface area contributed by atoms with Crippen LogP contribution in [0.15, 0.2) is 10.5 Å². The summed E-state index contributed by atoms with van der Waals surface area (Å²) in [6, 6.07) is 0.389. The Labute approximate surface area is 89.5 Å². The SMILES string of the molecule is Cc1c(F)cc(Br)c(O)c1C(N)CO. The van der Waals surface area contributed by atoms with Gasteiger partial charge < -0.3 is 15.9 Å². The summed E-state index contributed by atoms with van der Waals surface area (Å²) >= 11 is 3.00. The molecule has 0 fully saturated rings. The molecule has 0 heterocycles. The molecule has 0 saturated carbocycles. The second kappa shape index (κ2) is 4.25. The maximum Gasteiger partial charge on any atom is 0.135 e. The van der Waals surface area contributed by atoms with Crippen molar-refractivity contribution < 1.29 is 14.6 Å².